The normalized spacial score (nSPS) is 20.2. The average molecular weight is 513 g/mol. The molecule has 0 aliphatic carbocycles. The Bertz CT molecular complexity index is 998. The second-order valence-electron chi connectivity index (χ2n) is 8.76. The highest BCUT2D eigenvalue weighted by Gasteiger charge is 2.32. The van der Waals surface area contributed by atoms with E-state index in [1.807, 2.05) is 17.0 Å². The van der Waals surface area contributed by atoms with Gasteiger partial charge in [-0.1, -0.05) is 40.9 Å². The fraction of sp³-hybridized carbons (Fsp3) is 0.458. The number of hydrogen-bond acceptors (Lipinski definition) is 5. The minimum absolute atomic E-state index is 0.0254. The number of amides is 1. The van der Waals surface area contributed by atoms with Crippen molar-refractivity contribution in [2.45, 2.75) is 25.5 Å². The molecule has 3 N–H and O–H groups in total. The Hall–Kier alpha value is -1.70. The maximum atomic E-state index is 12.9. The summed E-state index contributed by atoms with van der Waals surface area (Å²) in [6, 6.07) is 10.6. The van der Waals surface area contributed by atoms with Crippen LogP contribution in [0.25, 0.3) is 0 Å². The third-order valence-corrected chi connectivity index (χ3v) is 7.46. The molecule has 178 valence electrons. The summed E-state index contributed by atoms with van der Waals surface area (Å²) in [5.41, 5.74) is 2.08. The predicted molar refractivity (Wildman–Crippen MR) is 133 cm³/mol. The number of aliphatic hydroxyl groups excluding tert-OH is 2. The molecule has 2 aromatic carbocycles. The molecule has 33 heavy (non-hydrogen) atoms. The molecule has 9 heteroatoms. The van der Waals surface area contributed by atoms with Crippen LogP contribution in [0.4, 0.5) is 11.4 Å². The van der Waals surface area contributed by atoms with Crippen molar-refractivity contribution in [2.75, 3.05) is 43.0 Å². The molecule has 6 nitrogen and oxygen atoms in total. The number of nitrogens with zero attached hydrogens (tertiary/aromatic N) is 2. The van der Waals surface area contributed by atoms with E-state index >= 15 is 0 Å². The summed E-state index contributed by atoms with van der Waals surface area (Å²) in [6.07, 6.45) is 1.41. The van der Waals surface area contributed by atoms with Gasteiger partial charge in [-0.05, 0) is 49.6 Å². The van der Waals surface area contributed by atoms with Crippen LogP contribution in [0.1, 0.15) is 31.1 Å². The molecule has 2 aromatic rings. The smallest absolute Gasteiger partial charge is 0.225 e. The van der Waals surface area contributed by atoms with Crippen molar-refractivity contribution in [2.24, 2.45) is 11.8 Å². The van der Waals surface area contributed by atoms with E-state index < -0.39 is 6.23 Å². The maximum absolute atomic E-state index is 12.9. The lowest BCUT2D eigenvalue weighted by molar-refractivity contribution is -0.135. The molecule has 4 rings (SSSR count). The molecule has 2 atom stereocenters. The van der Waals surface area contributed by atoms with Gasteiger partial charge in [0.1, 0.15) is 0 Å². The van der Waals surface area contributed by atoms with Crippen molar-refractivity contribution in [3.8, 4) is 0 Å². The lowest BCUT2D eigenvalue weighted by atomic mass is 9.95. The molecule has 2 fully saturated rings. The monoisotopic (exact) mass is 511 g/mol. The summed E-state index contributed by atoms with van der Waals surface area (Å²) in [5.74, 6) is 0.455. The number of piperidine rings is 1. The Morgan fingerprint density at radius 3 is 2.45 bits per heavy atom. The molecule has 0 radical (unpaired) electrons. The molecule has 2 heterocycles. The highest BCUT2D eigenvalue weighted by Crippen LogP contribution is 2.34. The van der Waals surface area contributed by atoms with Crippen molar-refractivity contribution in [1.29, 1.82) is 0 Å². The fourth-order valence-electron chi connectivity index (χ4n) is 4.59. The minimum atomic E-state index is -1.05. The summed E-state index contributed by atoms with van der Waals surface area (Å²) in [4.78, 5) is 17.0. The van der Waals surface area contributed by atoms with Crippen LogP contribution in [0.2, 0.25) is 15.1 Å². The Kier molecular flexibility index (Phi) is 7.92. The van der Waals surface area contributed by atoms with E-state index in [4.69, 9.17) is 34.8 Å². The highest BCUT2D eigenvalue weighted by molar-refractivity contribution is 6.35. The molecule has 2 saturated heterocycles. The molecule has 0 aromatic heterocycles. The van der Waals surface area contributed by atoms with Crippen LogP contribution >= 0.6 is 34.8 Å². The van der Waals surface area contributed by atoms with Gasteiger partial charge in [0, 0.05) is 65.9 Å². The van der Waals surface area contributed by atoms with Gasteiger partial charge in [-0.15, -0.1) is 0 Å². The standard InChI is InChI=1S/C24H28Cl3N3O3/c25-17-1-3-19(21(27)11-17)23(32)28-22-12-18(2-4-20(22)26)29-9-6-16(7-10-29)24(33)30-8-5-15(13-30)14-31/h1-4,11-12,15-16,23,28,31-32H,5-10,13-14H2. The van der Waals surface area contributed by atoms with Crippen molar-refractivity contribution < 1.29 is 15.0 Å². The summed E-state index contributed by atoms with van der Waals surface area (Å²) >= 11 is 18.5. The van der Waals surface area contributed by atoms with Gasteiger partial charge in [-0.25, -0.2) is 0 Å². The number of halogens is 3. The van der Waals surface area contributed by atoms with Crippen molar-refractivity contribution in [3.05, 3.63) is 57.0 Å². The SMILES string of the molecule is O=C(C1CCN(c2ccc(Cl)c(NC(O)c3ccc(Cl)cc3Cl)c2)CC1)N1CCC(CO)C1. The third-order valence-electron chi connectivity index (χ3n) is 6.56. The van der Waals surface area contributed by atoms with Crippen LogP contribution in [0, 0.1) is 11.8 Å². The second kappa shape index (κ2) is 10.7. The van der Waals surface area contributed by atoms with E-state index in [1.165, 1.54) is 0 Å². The van der Waals surface area contributed by atoms with Crippen molar-refractivity contribution in [3.63, 3.8) is 0 Å². The lowest BCUT2D eigenvalue weighted by Crippen LogP contribution is -2.42. The van der Waals surface area contributed by atoms with E-state index in [2.05, 4.69) is 10.2 Å². The Morgan fingerprint density at radius 1 is 1.03 bits per heavy atom. The topological polar surface area (TPSA) is 76.0 Å². The Balaban J connectivity index is 1.38. The van der Waals surface area contributed by atoms with E-state index in [9.17, 15) is 15.0 Å². The second-order valence-corrected chi connectivity index (χ2v) is 10.0. The van der Waals surface area contributed by atoms with Gasteiger partial charge < -0.3 is 25.3 Å². The number of aliphatic hydroxyl groups is 2. The van der Waals surface area contributed by atoms with Crippen molar-refractivity contribution in [1.82, 2.24) is 4.90 Å². The van der Waals surface area contributed by atoms with E-state index in [1.54, 1.807) is 24.3 Å². The largest absolute Gasteiger partial charge is 0.396 e. The van der Waals surface area contributed by atoms with Gasteiger partial charge in [-0.2, -0.15) is 0 Å². The molecule has 0 bridgehead atoms. The average Bonchev–Trinajstić information content (AvgIpc) is 3.29. The quantitative estimate of drug-likeness (QED) is 0.485. The van der Waals surface area contributed by atoms with Gasteiger partial charge in [-0.3, -0.25) is 4.79 Å². The number of rotatable bonds is 6. The zero-order valence-corrected chi connectivity index (χ0v) is 20.5. The third kappa shape index (κ3) is 5.69. The molecular formula is C24H28Cl3N3O3. The zero-order chi connectivity index (χ0) is 23.5. The van der Waals surface area contributed by atoms with Gasteiger partial charge in [0.2, 0.25) is 5.91 Å². The maximum Gasteiger partial charge on any atom is 0.225 e. The van der Waals surface area contributed by atoms with Crippen LogP contribution < -0.4 is 10.2 Å². The van der Waals surface area contributed by atoms with Crippen LogP contribution in [-0.2, 0) is 4.79 Å². The van der Waals surface area contributed by atoms with E-state index in [-0.39, 0.29) is 24.3 Å². The number of carbonyl (C=O) groups excluding carboxylic acids is 1. The van der Waals surface area contributed by atoms with Gasteiger partial charge in [0.25, 0.3) is 0 Å². The van der Waals surface area contributed by atoms with Gasteiger partial charge >= 0.3 is 0 Å². The first-order chi connectivity index (χ1) is 15.9. The van der Waals surface area contributed by atoms with E-state index in [0.29, 0.717) is 32.9 Å². The number of benzene rings is 2. The molecular weight excluding hydrogens is 485 g/mol. The summed E-state index contributed by atoms with van der Waals surface area (Å²) < 4.78 is 0. The fourth-order valence-corrected chi connectivity index (χ4v) is 5.28. The first-order valence-electron chi connectivity index (χ1n) is 11.2. The molecule has 2 aliphatic rings. The van der Waals surface area contributed by atoms with Crippen LogP contribution in [0.3, 0.4) is 0 Å². The predicted octanol–water partition coefficient (Wildman–Crippen LogP) is 4.81. The Labute approximate surface area is 209 Å². The van der Waals surface area contributed by atoms with Gasteiger partial charge in [0.15, 0.2) is 6.23 Å². The van der Waals surface area contributed by atoms with Crippen LogP contribution in [-0.4, -0.2) is 53.8 Å². The molecule has 2 unspecified atom stereocenters. The molecule has 0 saturated carbocycles. The van der Waals surface area contributed by atoms with Crippen molar-refractivity contribution >= 4 is 52.1 Å². The van der Waals surface area contributed by atoms with Crippen LogP contribution in [0.5, 0.6) is 0 Å². The number of carbonyl (C=O) groups is 1. The summed E-state index contributed by atoms with van der Waals surface area (Å²) in [6.45, 7) is 3.09. The molecule has 2 aliphatic heterocycles. The number of likely N-dealkylation sites (tertiary alicyclic amines) is 1. The van der Waals surface area contributed by atoms with E-state index in [0.717, 1.165) is 44.6 Å². The first-order valence-corrected chi connectivity index (χ1v) is 12.3. The minimum Gasteiger partial charge on any atom is -0.396 e. The number of anilines is 2. The number of nitrogens with one attached hydrogen (secondary N) is 1. The van der Waals surface area contributed by atoms with Gasteiger partial charge in [0.05, 0.1) is 10.7 Å². The molecule has 0 spiro atoms. The first kappa shape index (κ1) is 24.4. The highest BCUT2D eigenvalue weighted by atomic mass is 35.5. The lowest BCUT2D eigenvalue weighted by Gasteiger charge is -2.35. The van der Waals surface area contributed by atoms with Crippen LogP contribution in [0.15, 0.2) is 36.4 Å². The molecule has 1 amide bonds. The zero-order valence-electron chi connectivity index (χ0n) is 18.2. The summed E-state index contributed by atoms with van der Waals surface area (Å²) in [5, 5.41) is 24.4. The number of hydrogen-bond donors (Lipinski definition) is 3. The Morgan fingerprint density at radius 2 is 1.79 bits per heavy atom. The summed E-state index contributed by atoms with van der Waals surface area (Å²) in [7, 11) is 0.